The van der Waals surface area contributed by atoms with E-state index >= 15 is 0 Å². The minimum Gasteiger partial charge on any atom is -0.378 e. The van der Waals surface area contributed by atoms with Crippen LogP contribution in [0.2, 0.25) is 0 Å². The van der Waals surface area contributed by atoms with Crippen molar-refractivity contribution in [3.63, 3.8) is 0 Å². The van der Waals surface area contributed by atoms with Gasteiger partial charge in [-0.15, -0.1) is 5.10 Å². The number of hydrogen-bond donors (Lipinski definition) is 3. The number of rotatable bonds is 10. The number of quaternary nitrogens is 1. The lowest BCUT2D eigenvalue weighted by atomic mass is 10.2. The standard InChI is InChI=1S/C19H24FN9O2/c1-3-9-28(10-4-2)12-15-16(23-27-29(15)18-17(21)25-31-26-18)19(30)24-22-11-13-5-7-14(20)8-6-13/h5-8,11H,3-4,9-10,12H2,1-2H3,(H2,21,25)(H,24,30)/p+1. The van der Waals surface area contributed by atoms with Gasteiger partial charge in [0.05, 0.1) is 19.3 Å². The number of anilines is 1. The highest BCUT2D eigenvalue weighted by Gasteiger charge is 2.26. The molecule has 0 bridgehead atoms. The molecule has 164 valence electrons. The third kappa shape index (κ3) is 5.48. The minimum atomic E-state index is -0.540. The first-order valence-corrected chi connectivity index (χ1v) is 9.99. The van der Waals surface area contributed by atoms with Crippen molar-refractivity contribution in [2.45, 2.75) is 33.2 Å². The van der Waals surface area contributed by atoms with Crippen LogP contribution in [0.5, 0.6) is 0 Å². The molecule has 1 aromatic carbocycles. The highest BCUT2D eigenvalue weighted by Crippen LogP contribution is 2.15. The minimum absolute atomic E-state index is 0.0416. The maximum atomic E-state index is 13.0. The number of hydrazone groups is 1. The van der Waals surface area contributed by atoms with Crippen molar-refractivity contribution in [3.8, 4) is 5.82 Å². The monoisotopic (exact) mass is 430 g/mol. The van der Waals surface area contributed by atoms with Gasteiger partial charge in [-0.2, -0.15) is 9.78 Å². The van der Waals surface area contributed by atoms with Crippen LogP contribution in [0.3, 0.4) is 0 Å². The van der Waals surface area contributed by atoms with Gasteiger partial charge < -0.3 is 10.6 Å². The summed E-state index contributed by atoms with van der Waals surface area (Å²) in [7, 11) is 0. The van der Waals surface area contributed by atoms with Crippen molar-refractivity contribution in [1.82, 2.24) is 30.7 Å². The van der Waals surface area contributed by atoms with Crippen LogP contribution < -0.4 is 16.1 Å². The van der Waals surface area contributed by atoms with Crippen LogP contribution in [0.1, 0.15) is 48.4 Å². The van der Waals surface area contributed by atoms with E-state index < -0.39 is 5.91 Å². The smallest absolute Gasteiger partial charge is 0.294 e. The van der Waals surface area contributed by atoms with Gasteiger partial charge in [0.25, 0.3) is 5.91 Å². The Labute approximate surface area is 178 Å². The SMILES string of the molecule is CCC[NH+](CCC)Cc1c(C(=O)NN=Cc2ccc(F)cc2)nnn1-c1nonc1N. The summed E-state index contributed by atoms with van der Waals surface area (Å²) in [6.45, 7) is 6.50. The second-order valence-corrected chi connectivity index (χ2v) is 6.95. The van der Waals surface area contributed by atoms with Gasteiger partial charge in [0.15, 0.2) is 5.69 Å². The van der Waals surface area contributed by atoms with Crippen molar-refractivity contribution >= 4 is 17.9 Å². The lowest BCUT2D eigenvalue weighted by molar-refractivity contribution is -0.914. The topological polar surface area (TPSA) is 142 Å². The van der Waals surface area contributed by atoms with Gasteiger partial charge in [0, 0.05) is 0 Å². The highest BCUT2D eigenvalue weighted by atomic mass is 19.1. The van der Waals surface area contributed by atoms with Crippen LogP contribution in [-0.4, -0.2) is 50.5 Å². The highest BCUT2D eigenvalue weighted by molar-refractivity contribution is 5.94. The largest absolute Gasteiger partial charge is 0.378 e. The molecular formula is C19H25FN9O2+. The molecule has 0 atom stereocenters. The van der Waals surface area contributed by atoms with Gasteiger partial charge in [0.1, 0.15) is 18.1 Å². The fourth-order valence-corrected chi connectivity index (χ4v) is 3.16. The Kier molecular flexibility index (Phi) is 7.38. The molecule has 3 aromatic rings. The average molecular weight is 430 g/mol. The van der Waals surface area contributed by atoms with Crippen molar-refractivity contribution in [3.05, 3.63) is 47.0 Å². The molecule has 1 amide bonds. The molecule has 12 heteroatoms. The molecule has 0 unspecified atom stereocenters. The predicted molar refractivity (Wildman–Crippen MR) is 110 cm³/mol. The number of amides is 1. The first-order chi connectivity index (χ1) is 15.0. The van der Waals surface area contributed by atoms with Crippen LogP contribution in [0.25, 0.3) is 5.82 Å². The van der Waals surface area contributed by atoms with E-state index in [-0.39, 0.29) is 23.1 Å². The zero-order chi connectivity index (χ0) is 22.2. The second kappa shape index (κ2) is 10.4. The zero-order valence-electron chi connectivity index (χ0n) is 17.4. The van der Waals surface area contributed by atoms with Gasteiger partial charge >= 0.3 is 0 Å². The van der Waals surface area contributed by atoms with Crippen molar-refractivity contribution in [2.24, 2.45) is 5.10 Å². The van der Waals surface area contributed by atoms with Gasteiger partial charge in [-0.3, -0.25) is 4.79 Å². The number of aromatic nitrogens is 5. The van der Waals surface area contributed by atoms with E-state index in [1.807, 2.05) is 0 Å². The molecule has 2 aromatic heterocycles. The Bertz CT molecular complexity index is 1020. The van der Waals surface area contributed by atoms with Crippen molar-refractivity contribution < 1.29 is 18.7 Å². The van der Waals surface area contributed by atoms with Crippen molar-refractivity contribution in [1.29, 1.82) is 0 Å². The zero-order valence-corrected chi connectivity index (χ0v) is 17.4. The number of benzene rings is 1. The molecule has 31 heavy (non-hydrogen) atoms. The Morgan fingerprint density at radius 2 is 1.97 bits per heavy atom. The molecule has 2 heterocycles. The number of nitrogen functional groups attached to an aromatic ring is 1. The molecule has 11 nitrogen and oxygen atoms in total. The Balaban J connectivity index is 1.86. The van der Waals surface area contributed by atoms with E-state index in [2.05, 4.69) is 49.6 Å². The maximum Gasteiger partial charge on any atom is 0.294 e. The fourth-order valence-electron chi connectivity index (χ4n) is 3.16. The summed E-state index contributed by atoms with van der Waals surface area (Å²) in [6, 6.07) is 5.71. The van der Waals surface area contributed by atoms with Crippen molar-refractivity contribution in [2.75, 3.05) is 18.8 Å². The Morgan fingerprint density at radius 1 is 1.26 bits per heavy atom. The number of carbonyl (C=O) groups is 1. The summed E-state index contributed by atoms with van der Waals surface area (Å²) in [5, 5.41) is 19.3. The summed E-state index contributed by atoms with van der Waals surface area (Å²) in [5.74, 6) is -0.680. The van der Waals surface area contributed by atoms with Crippen LogP contribution >= 0.6 is 0 Å². The summed E-state index contributed by atoms with van der Waals surface area (Å²) in [4.78, 5) is 14.0. The molecule has 3 rings (SSSR count). The van der Waals surface area contributed by atoms with Gasteiger partial charge in [-0.1, -0.05) is 31.2 Å². The molecule has 0 aliphatic carbocycles. The number of carbonyl (C=O) groups excluding carboxylic acids is 1. The van der Waals surface area contributed by atoms with Crippen LogP contribution in [-0.2, 0) is 6.54 Å². The summed E-state index contributed by atoms with van der Waals surface area (Å²) in [5.41, 5.74) is 9.51. The van der Waals surface area contributed by atoms with E-state index in [1.54, 1.807) is 12.1 Å². The lowest BCUT2D eigenvalue weighted by Crippen LogP contribution is -3.10. The van der Waals surface area contributed by atoms with Gasteiger partial charge in [0.2, 0.25) is 11.6 Å². The molecule has 4 N–H and O–H groups in total. The number of halogens is 1. The average Bonchev–Trinajstić information content (AvgIpc) is 3.35. The molecule has 0 aliphatic rings. The number of hydrogen-bond acceptors (Lipinski definition) is 8. The lowest BCUT2D eigenvalue weighted by Gasteiger charge is -2.18. The van der Waals surface area contributed by atoms with E-state index in [9.17, 15) is 9.18 Å². The maximum absolute atomic E-state index is 13.0. The van der Waals surface area contributed by atoms with E-state index in [0.717, 1.165) is 25.9 Å². The third-order valence-electron chi connectivity index (χ3n) is 4.55. The van der Waals surface area contributed by atoms with Gasteiger partial charge in [-0.05, 0) is 40.9 Å². The summed E-state index contributed by atoms with van der Waals surface area (Å²) in [6.07, 6.45) is 3.37. The first kappa shape index (κ1) is 22.0. The van der Waals surface area contributed by atoms with Crippen LogP contribution in [0.15, 0.2) is 34.0 Å². The van der Waals surface area contributed by atoms with Crippen LogP contribution in [0, 0.1) is 5.82 Å². The summed E-state index contributed by atoms with van der Waals surface area (Å²) < 4.78 is 19.1. The molecule has 0 spiro atoms. The number of nitrogens with one attached hydrogen (secondary N) is 2. The molecule has 0 saturated carbocycles. The molecular weight excluding hydrogens is 405 g/mol. The van der Waals surface area contributed by atoms with E-state index in [1.165, 1.54) is 27.9 Å². The van der Waals surface area contributed by atoms with E-state index in [0.29, 0.717) is 17.8 Å². The third-order valence-corrected chi connectivity index (χ3v) is 4.55. The Morgan fingerprint density at radius 3 is 2.58 bits per heavy atom. The molecule has 0 saturated heterocycles. The summed E-state index contributed by atoms with van der Waals surface area (Å²) >= 11 is 0. The Hall–Kier alpha value is -3.67. The first-order valence-electron chi connectivity index (χ1n) is 9.99. The normalized spacial score (nSPS) is 11.5. The molecule has 0 aliphatic heterocycles. The quantitative estimate of drug-likeness (QED) is 0.311. The number of nitrogens with two attached hydrogens (primary N) is 1. The molecule has 0 radical (unpaired) electrons. The second-order valence-electron chi connectivity index (χ2n) is 6.95. The van der Waals surface area contributed by atoms with Crippen LogP contribution in [0.4, 0.5) is 10.2 Å². The number of nitrogens with zero attached hydrogens (tertiary/aromatic N) is 6. The fraction of sp³-hybridized carbons (Fsp3) is 0.368. The van der Waals surface area contributed by atoms with E-state index in [4.69, 9.17) is 5.73 Å². The molecule has 0 fully saturated rings. The predicted octanol–water partition coefficient (Wildman–Crippen LogP) is 0.340. The van der Waals surface area contributed by atoms with Gasteiger partial charge in [-0.25, -0.2) is 14.4 Å².